The molecular weight excluding hydrogens is 250 g/mol. The molecule has 0 aliphatic carbocycles. The summed E-state index contributed by atoms with van der Waals surface area (Å²) in [7, 11) is 3.48. The van der Waals surface area contributed by atoms with Crippen LogP contribution in [0.3, 0.4) is 0 Å². The third-order valence-corrected chi connectivity index (χ3v) is 4.22. The largest absolute Gasteiger partial charge is 0.497 e. The van der Waals surface area contributed by atoms with E-state index in [1.165, 1.54) is 18.4 Å². The normalized spacial score (nSPS) is 22.9. The summed E-state index contributed by atoms with van der Waals surface area (Å²) in [5, 5.41) is 3.53. The van der Waals surface area contributed by atoms with E-state index in [1.807, 2.05) is 12.1 Å². The highest BCUT2D eigenvalue weighted by molar-refractivity contribution is 5.43. The van der Waals surface area contributed by atoms with E-state index in [9.17, 15) is 0 Å². The van der Waals surface area contributed by atoms with Crippen molar-refractivity contribution in [3.8, 4) is 11.5 Å². The molecule has 1 fully saturated rings. The molecule has 1 aromatic rings. The number of hydrogen-bond acceptors (Lipinski definition) is 3. The van der Waals surface area contributed by atoms with Gasteiger partial charge in [-0.1, -0.05) is 13.8 Å². The summed E-state index contributed by atoms with van der Waals surface area (Å²) < 4.78 is 11.0. The van der Waals surface area contributed by atoms with Gasteiger partial charge in [0.05, 0.1) is 14.2 Å². The van der Waals surface area contributed by atoms with Crippen molar-refractivity contribution in [2.75, 3.05) is 27.3 Å². The van der Waals surface area contributed by atoms with Gasteiger partial charge >= 0.3 is 0 Å². The summed E-state index contributed by atoms with van der Waals surface area (Å²) in [6.45, 7) is 6.78. The molecule has 3 heteroatoms. The first-order chi connectivity index (χ1) is 9.65. The molecule has 2 unspecified atom stereocenters. The van der Waals surface area contributed by atoms with Crippen LogP contribution in [0.1, 0.15) is 38.2 Å². The zero-order valence-corrected chi connectivity index (χ0v) is 13.1. The molecule has 2 atom stereocenters. The molecule has 1 aliphatic rings. The van der Waals surface area contributed by atoms with E-state index in [-0.39, 0.29) is 0 Å². The first-order valence-electron chi connectivity index (χ1n) is 7.58. The summed E-state index contributed by atoms with van der Waals surface area (Å²) in [6.07, 6.45) is 2.42. The van der Waals surface area contributed by atoms with Crippen molar-refractivity contribution in [3.05, 3.63) is 23.8 Å². The molecule has 20 heavy (non-hydrogen) atoms. The topological polar surface area (TPSA) is 30.5 Å². The summed E-state index contributed by atoms with van der Waals surface area (Å²) in [6, 6.07) is 6.16. The maximum absolute atomic E-state index is 5.58. The standard InChI is InChI=1S/C17H27NO2/c1-12(2)9-13-11-18-8-7-15(13)16-10-14(19-3)5-6-17(16)20-4/h5-6,10,12-13,15,18H,7-9,11H2,1-4H3. The summed E-state index contributed by atoms with van der Waals surface area (Å²) in [5.74, 6) is 3.86. The van der Waals surface area contributed by atoms with Crippen LogP contribution in [-0.2, 0) is 0 Å². The molecule has 1 saturated heterocycles. The quantitative estimate of drug-likeness (QED) is 0.894. The fourth-order valence-electron chi connectivity index (χ4n) is 3.31. The molecule has 0 bridgehead atoms. The van der Waals surface area contributed by atoms with Crippen molar-refractivity contribution in [1.29, 1.82) is 0 Å². The van der Waals surface area contributed by atoms with E-state index in [4.69, 9.17) is 9.47 Å². The average Bonchev–Trinajstić information content (AvgIpc) is 2.46. The number of ether oxygens (including phenoxy) is 2. The van der Waals surface area contributed by atoms with E-state index in [2.05, 4.69) is 25.2 Å². The molecule has 0 radical (unpaired) electrons. The van der Waals surface area contributed by atoms with Crippen LogP contribution in [0.25, 0.3) is 0 Å². The van der Waals surface area contributed by atoms with E-state index >= 15 is 0 Å². The van der Waals surface area contributed by atoms with Gasteiger partial charge in [0.15, 0.2) is 0 Å². The third-order valence-electron chi connectivity index (χ3n) is 4.22. The summed E-state index contributed by atoms with van der Waals surface area (Å²) in [5.41, 5.74) is 1.30. The molecule has 2 rings (SSSR count). The third kappa shape index (κ3) is 3.45. The van der Waals surface area contributed by atoms with Gasteiger partial charge in [0.25, 0.3) is 0 Å². The van der Waals surface area contributed by atoms with E-state index in [0.29, 0.717) is 11.8 Å². The minimum absolute atomic E-state index is 0.559. The van der Waals surface area contributed by atoms with Crippen LogP contribution in [0, 0.1) is 11.8 Å². The molecule has 1 N–H and O–H groups in total. The summed E-state index contributed by atoms with van der Waals surface area (Å²) in [4.78, 5) is 0. The lowest BCUT2D eigenvalue weighted by atomic mass is 9.77. The Labute approximate surface area is 122 Å². The smallest absolute Gasteiger partial charge is 0.122 e. The second kappa shape index (κ2) is 6.98. The van der Waals surface area contributed by atoms with E-state index in [0.717, 1.165) is 30.5 Å². The molecule has 0 spiro atoms. The predicted octanol–water partition coefficient (Wildman–Crippen LogP) is 3.44. The lowest BCUT2D eigenvalue weighted by Crippen LogP contribution is -2.36. The van der Waals surface area contributed by atoms with Crippen LogP contribution >= 0.6 is 0 Å². The number of piperidine rings is 1. The van der Waals surface area contributed by atoms with Crippen LogP contribution in [-0.4, -0.2) is 27.3 Å². The van der Waals surface area contributed by atoms with Crippen LogP contribution in [0.15, 0.2) is 18.2 Å². The second-order valence-electron chi connectivity index (χ2n) is 6.10. The lowest BCUT2D eigenvalue weighted by Gasteiger charge is -2.34. The Bertz CT molecular complexity index is 431. The monoisotopic (exact) mass is 277 g/mol. The molecule has 1 heterocycles. The molecule has 112 valence electrons. The minimum Gasteiger partial charge on any atom is -0.497 e. The van der Waals surface area contributed by atoms with E-state index < -0.39 is 0 Å². The Kier molecular flexibility index (Phi) is 5.30. The number of benzene rings is 1. The van der Waals surface area contributed by atoms with Crippen molar-refractivity contribution in [3.63, 3.8) is 0 Å². The van der Waals surface area contributed by atoms with Gasteiger partial charge in [0.2, 0.25) is 0 Å². The summed E-state index contributed by atoms with van der Waals surface area (Å²) >= 11 is 0. The Morgan fingerprint density at radius 3 is 2.70 bits per heavy atom. The Morgan fingerprint density at radius 1 is 1.25 bits per heavy atom. The van der Waals surface area contributed by atoms with Gasteiger partial charge in [0.1, 0.15) is 11.5 Å². The van der Waals surface area contributed by atoms with Gasteiger partial charge in [-0.2, -0.15) is 0 Å². The van der Waals surface area contributed by atoms with Gasteiger partial charge in [-0.15, -0.1) is 0 Å². The molecule has 0 saturated carbocycles. The molecule has 0 amide bonds. The zero-order chi connectivity index (χ0) is 14.5. The first-order valence-corrected chi connectivity index (χ1v) is 7.58. The van der Waals surface area contributed by atoms with Gasteiger partial charge < -0.3 is 14.8 Å². The van der Waals surface area contributed by atoms with Crippen molar-refractivity contribution < 1.29 is 9.47 Å². The Morgan fingerprint density at radius 2 is 2.05 bits per heavy atom. The highest BCUT2D eigenvalue weighted by Crippen LogP contribution is 2.40. The van der Waals surface area contributed by atoms with Crippen LogP contribution in [0.4, 0.5) is 0 Å². The molecule has 3 nitrogen and oxygen atoms in total. The molecule has 0 aromatic heterocycles. The second-order valence-corrected chi connectivity index (χ2v) is 6.10. The highest BCUT2D eigenvalue weighted by atomic mass is 16.5. The fourth-order valence-corrected chi connectivity index (χ4v) is 3.31. The SMILES string of the molecule is COc1ccc(OC)c(C2CCNCC2CC(C)C)c1. The van der Waals surface area contributed by atoms with Gasteiger partial charge in [-0.3, -0.25) is 0 Å². The van der Waals surface area contributed by atoms with Crippen molar-refractivity contribution in [2.24, 2.45) is 11.8 Å². The van der Waals surface area contributed by atoms with Gasteiger partial charge in [-0.05, 0) is 61.9 Å². The maximum Gasteiger partial charge on any atom is 0.122 e. The number of nitrogens with one attached hydrogen (secondary N) is 1. The molecular formula is C17H27NO2. The van der Waals surface area contributed by atoms with Crippen LogP contribution in [0.2, 0.25) is 0 Å². The highest BCUT2D eigenvalue weighted by Gasteiger charge is 2.29. The zero-order valence-electron chi connectivity index (χ0n) is 13.1. The van der Waals surface area contributed by atoms with Crippen molar-refractivity contribution in [1.82, 2.24) is 5.32 Å². The average molecular weight is 277 g/mol. The number of hydrogen-bond donors (Lipinski definition) is 1. The predicted molar refractivity (Wildman–Crippen MR) is 82.7 cm³/mol. The van der Waals surface area contributed by atoms with Crippen molar-refractivity contribution in [2.45, 2.75) is 32.6 Å². The fraction of sp³-hybridized carbons (Fsp3) is 0.647. The van der Waals surface area contributed by atoms with Gasteiger partial charge in [0, 0.05) is 5.56 Å². The number of methoxy groups -OCH3 is 2. The molecule has 1 aliphatic heterocycles. The first kappa shape index (κ1) is 15.2. The molecule has 1 aromatic carbocycles. The van der Waals surface area contributed by atoms with Gasteiger partial charge in [-0.25, -0.2) is 0 Å². The Hall–Kier alpha value is -1.22. The van der Waals surface area contributed by atoms with Crippen LogP contribution in [0.5, 0.6) is 11.5 Å². The minimum atomic E-state index is 0.559. The lowest BCUT2D eigenvalue weighted by molar-refractivity contribution is 0.273. The Balaban J connectivity index is 2.30. The van der Waals surface area contributed by atoms with Crippen molar-refractivity contribution >= 4 is 0 Å². The van der Waals surface area contributed by atoms with E-state index in [1.54, 1.807) is 14.2 Å². The van der Waals surface area contributed by atoms with Crippen LogP contribution < -0.4 is 14.8 Å². The number of rotatable bonds is 5. The maximum atomic E-state index is 5.58.